The van der Waals surface area contributed by atoms with Crippen molar-refractivity contribution in [1.82, 2.24) is 0 Å². The van der Waals surface area contributed by atoms with Crippen LogP contribution in [-0.4, -0.2) is 0 Å². The highest BCUT2D eigenvalue weighted by Gasteiger charge is 2.63. The molecule has 0 N–H and O–H groups in total. The van der Waals surface area contributed by atoms with E-state index >= 15 is 0 Å². The predicted molar refractivity (Wildman–Crippen MR) is 389 cm³/mol. The van der Waals surface area contributed by atoms with Crippen LogP contribution in [0.25, 0.3) is 96.0 Å². The van der Waals surface area contributed by atoms with Gasteiger partial charge in [0.25, 0.3) is 0 Å². The highest BCUT2D eigenvalue weighted by Crippen LogP contribution is 2.75. The average Bonchev–Trinajstić information content (AvgIpc) is 1.46. The largest absolute Gasteiger partial charge is 0.309 e. The zero-order chi connectivity index (χ0) is 60.2. The highest BCUT2D eigenvalue weighted by molar-refractivity contribution is 7.26. The minimum Gasteiger partial charge on any atom is -0.309 e. The molecule has 0 saturated carbocycles. The topological polar surface area (TPSA) is 6.48 Å². The summed E-state index contributed by atoms with van der Waals surface area (Å²) in [6.07, 6.45) is 0. The van der Waals surface area contributed by atoms with E-state index in [1.807, 2.05) is 22.7 Å². The summed E-state index contributed by atoms with van der Waals surface area (Å²) in [5.41, 5.74) is 28.2. The summed E-state index contributed by atoms with van der Waals surface area (Å²) >= 11 is 3.75. The number of allylic oxidation sites excluding steroid dienone is 2. The number of rotatable bonds is 8. The molecule has 0 aliphatic heterocycles. The van der Waals surface area contributed by atoms with Crippen LogP contribution in [0.15, 0.2) is 328 Å². The van der Waals surface area contributed by atoms with Crippen molar-refractivity contribution >= 4 is 108 Å². The maximum Gasteiger partial charge on any atom is 0.0729 e. The van der Waals surface area contributed by atoms with Gasteiger partial charge in [-0.15, -0.1) is 22.7 Å². The molecule has 0 fully saturated rings. The monoisotopic (exact) mass is 1200 g/mol. The third-order valence-electron chi connectivity index (χ3n) is 20.5. The Bertz CT molecular complexity index is 5360. The summed E-state index contributed by atoms with van der Waals surface area (Å²) < 4.78 is 5.09. The number of nitrogens with zero attached hydrogens (tertiary/aromatic N) is 2. The van der Waals surface area contributed by atoms with Crippen LogP contribution in [0.3, 0.4) is 0 Å². The van der Waals surface area contributed by atoms with Gasteiger partial charge in [-0.05, 0) is 162 Å². The molecule has 0 unspecified atom stereocenters. The molecule has 92 heavy (non-hydrogen) atoms. The lowest BCUT2D eigenvalue weighted by molar-refractivity contribution is 0.826. The van der Waals surface area contributed by atoms with Gasteiger partial charge in [0.15, 0.2) is 0 Å². The molecule has 4 aliphatic carbocycles. The number of hydrogen-bond acceptors (Lipinski definition) is 4. The molecule has 14 aromatic carbocycles. The van der Waals surface area contributed by atoms with Gasteiger partial charge in [-0.3, -0.25) is 0 Å². The molecule has 2 spiro atoms. The van der Waals surface area contributed by atoms with Crippen LogP contribution in [0.1, 0.15) is 44.5 Å². The first-order chi connectivity index (χ1) is 45.7. The van der Waals surface area contributed by atoms with Crippen LogP contribution in [0.5, 0.6) is 0 Å². The van der Waals surface area contributed by atoms with Crippen molar-refractivity contribution in [3.05, 3.63) is 372 Å². The molecule has 2 nitrogen and oxygen atoms in total. The number of fused-ring (bicyclic) bond motifs is 24. The maximum absolute atomic E-state index is 2.62. The van der Waals surface area contributed by atoms with Gasteiger partial charge in [-0.2, -0.15) is 0 Å². The molecule has 0 radical (unpaired) electrons. The van der Waals surface area contributed by atoms with E-state index in [1.54, 1.807) is 0 Å². The zero-order valence-electron chi connectivity index (χ0n) is 49.9. The molecule has 4 heteroatoms. The minimum absolute atomic E-state index is 0.743. The van der Waals surface area contributed by atoms with Gasteiger partial charge in [0, 0.05) is 62.8 Å². The van der Waals surface area contributed by atoms with Crippen molar-refractivity contribution in [2.75, 3.05) is 9.80 Å². The summed E-state index contributed by atoms with van der Waals surface area (Å²) in [6.45, 7) is 0. The van der Waals surface area contributed by atoms with Crippen LogP contribution in [0.4, 0.5) is 34.1 Å². The Morgan fingerprint density at radius 1 is 0.217 bits per heavy atom. The van der Waals surface area contributed by atoms with Crippen LogP contribution in [0, 0.1) is 0 Å². The number of anilines is 6. The van der Waals surface area contributed by atoms with Gasteiger partial charge in [0.2, 0.25) is 0 Å². The number of benzene rings is 14. The van der Waals surface area contributed by atoms with E-state index in [0.29, 0.717) is 0 Å². The summed E-state index contributed by atoms with van der Waals surface area (Å²) in [6, 6.07) is 124. The fourth-order valence-electron chi connectivity index (χ4n) is 17.1. The molecule has 0 amide bonds. The van der Waals surface area contributed by atoms with Crippen molar-refractivity contribution in [3.63, 3.8) is 0 Å². The summed E-state index contributed by atoms with van der Waals surface area (Å²) in [5.74, 6) is 0. The second-order valence-electron chi connectivity index (χ2n) is 24.8. The molecular formula is C88H54N2S2. The Kier molecular flexibility index (Phi) is 11.1. The highest BCUT2D eigenvalue weighted by atomic mass is 32.1. The minimum atomic E-state index is -0.743. The van der Waals surface area contributed by atoms with Crippen LogP contribution < -0.4 is 9.80 Å². The molecule has 2 aromatic heterocycles. The van der Waals surface area contributed by atoms with Crippen molar-refractivity contribution in [2.45, 2.75) is 10.8 Å². The molecule has 0 bridgehead atoms. The Morgan fingerprint density at radius 2 is 0.533 bits per heavy atom. The first kappa shape index (κ1) is 51.7. The smallest absolute Gasteiger partial charge is 0.0729 e. The lowest BCUT2D eigenvalue weighted by atomic mass is 9.66. The van der Waals surface area contributed by atoms with Crippen LogP contribution in [0.2, 0.25) is 0 Å². The number of hydrogen-bond donors (Lipinski definition) is 0. The second kappa shape index (κ2) is 19.7. The van der Waals surface area contributed by atoms with E-state index in [2.05, 4.69) is 337 Å². The zero-order valence-corrected chi connectivity index (χ0v) is 51.5. The Morgan fingerprint density at radius 3 is 0.935 bits per heavy atom. The third-order valence-corrected chi connectivity index (χ3v) is 22.7. The number of para-hydroxylation sites is 2. The van der Waals surface area contributed by atoms with Crippen molar-refractivity contribution in [3.8, 4) is 44.5 Å². The fourth-order valence-corrected chi connectivity index (χ4v) is 19.3. The van der Waals surface area contributed by atoms with E-state index in [9.17, 15) is 0 Å². The van der Waals surface area contributed by atoms with E-state index in [4.69, 9.17) is 0 Å². The van der Waals surface area contributed by atoms with Crippen molar-refractivity contribution in [2.24, 2.45) is 0 Å². The molecule has 0 atom stereocenters. The van der Waals surface area contributed by atoms with Gasteiger partial charge in [-0.25, -0.2) is 0 Å². The fraction of sp³-hybridized carbons (Fsp3) is 0.0227. The third kappa shape index (κ3) is 6.92. The van der Waals surface area contributed by atoms with Crippen LogP contribution in [-0.2, 0) is 10.8 Å². The van der Waals surface area contributed by atoms with E-state index in [-0.39, 0.29) is 0 Å². The summed E-state index contributed by atoms with van der Waals surface area (Å²) in [5, 5.41) is 5.05. The van der Waals surface area contributed by atoms with Crippen molar-refractivity contribution < 1.29 is 0 Å². The van der Waals surface area contributed by atoms with Gasteiger partial charge in [0.05, 0.1) is 33.6 Å². The van der Waals surface area contributed by atoms with E-state index < -0.39 is 10.8 Å². The molecule has 2 heterocycles. The quantitative estimate of drug-likeness (QED) is 0.150. The number of thiophene rings is 2. The molecular weight excluding hydrogens is 1150 g/mol. The molecule has 0 saturated heterocycles. The average molecular weight is 1200 g/mol. The summed E-state index contributed by atoms with van der Waals surface area (Å²) in [7, 11) is 0. The Labute approximate surface area is 541 Å². The molecule has 20 rings (SSSR count). The molecule has 4 aliphatic rings. The van der Waals surface area contributed by atoms with E-state index in [1.165, 1.54) is 141 Å². The Hall–Kier alpha value is -11.1. The normalized spacial score (nSPS) is 14.0. The van der Waals surface area contributed by atoms with Gasteiger partial charge in [-0.1, -0.05) is 255 Å². The molecule has 16 aromatic rings. The standard InChI is InChI=1S/C88H54N2S2/c1-3-25-55(26-4-1)59-29-11-19-41-75(59)89(77-43-23-47-81-83(77)67-35-13-21-45-79(67)91-81)57-49-51-65-73(53-57)87(69-37-15-7-31-61(69)62-32-8-16-38-70(62)87)86-66-52-50-58(54-74(66)88(85(65)86)71-39-17-9-33-63(71)64-34-10-18-40-72(64)88)90(76-42-20-12-30-60(76)56-27-5-2-6-28-56)78-44-24-48-82-84(78)68-36-14-22-46-80(68)92-82/h1-54H. The van der Waals surface area contributed by atoms with Gasteiger partial charge in [0.1, 0.15) is 0 Å². The van der Waals surface area contributed by atoms with Gasteiger partial charge >= 0.3 is 0 Å². The predicted octanol–water partition coefficient (Wildman–Crippen LogP) is 24.3. The van der Waals surface area contributed by atoms with Crippen molar-refractivity contribution in [1.29, 1.82) is 0 Å². The first-order valence-corrected chi connectivity index (χ1v) is 33.4. The molecule has 428 valence electrons. The first-order valence-electron chi connectivity index (χ1n) is 31.8. The summed E-state index contributed by atoms with van der Waals surface area (Å²) in [4.78, 5) is 5.17. The lowest BCUT2D eigenvalue weighted by Gasteiger charge is -2.37. The maximum atomic E-state index is 2.62. The SMILES string of the molecule is c1ccc(-c2ccccc2N(c2ccc3c(c2)C2(C4=C3C3(c5cc(N(c6ccccc6-c6ccccc6)c6cccc7sc8ccccc8c67)ccc54)c4ccccc4-c4ccccc43)c3ccccc3-c3ccccc32)c2cccc3sc4ccccc4c23)cc1. The van der Waals surface area contributed by atoms with E-state index in [0.717, 1.165) is 34.1 Å². The van der Waals surface area contributed by atoms with Crippen LogP contribution >= 0.6 is 22.7 Å². The Balaban J connectivity index is 0.909. The lowest BCUT2D eigenvalue weighted by Crippen LogP contribution is -2.29. The second-order valence-corrected chi connectivity index (χ2v) is 27.0. The van der Waals surface area contributed by atoms with Gasteiger partial charge < -0.3 is 9.80 Å².